The van der Waals surface area contributed by atoms with E-state index in [-0.39, 0.29) is 5.91 Å². The first-order valence-electron chi connectivity index (χ1n) is 10.0. The third-order valence-corrected chi connectivity index (χ3v) is 5.89. The molecule has 1 fully saturated rings. The summed E-state index contributed by atoms with van der Waals surface area (Å²) in [5.74, 6) is 1.21. The van der Waals surface area contributed by atoms with Gasteiger partial charge in [-0.25, -0.2) is 4.99 Å². The van der Waals surface area contributed by atoms with Gasteiger partial charge < -0.3 is 15.1 Å². The van der Waals surface area contributed by atoms with E-state index >= 15 is 0 Å². The van der Waals surface area contributed by atoms with Gasteiger partial charge in [-0.2, -0.15) is 0 Å². The van der Waals surface area contributed by atoms with Gasteiger partial charge >= 0.3 is 0 Å². The summed E-state index contributed by atoms with van der Waals surface area (Å²) in [5.41, 5.74) is 2.36. The van der Waals surface area contributed by atoms with E-state index in [2.05, 4.69) is 66.0 Å². The van der Waals surface area contributed by atoms with Crippen molar-refractivity contribution in [3.8, 4) is 0 Å². The summed E-state index contributed by atoms with van der Waals surface area (Å²) in [4.78, 5) is 22.1. The molecule has 5 nitrogen and oxygen atoms in total. The fourth-order valence-corrected chi connectivity index (χ4v) is 4.01. The second kappa shape index (κ2) is 10.3. The van der Waals surface area contributed by atoms with Crippen LogP contribution in [0.4, 0.5) is 0 Å². The van der Waals surface area contributed by atoms with Crippen LogP contribution in [0.2, 0.25) is 0 Å². The quantitative estimate of drug-likeness (QED) is 0.547. The summed E-state index contributed by atoms with van der Waals surface area (Å²) in [6, 6.07) is 12.7. The van der Waals surface area contributed by atoms with Crippen LogP contribution in [-0.4, -0.2) is 48.3 Å². The number of benzene rings is 1. The Hall–Kier alpha value is -2.34. The number of aliphatic imine (C=N–C) groups is 1. The molecule has 0 atom stereocenters. The number of likely N-dealkylation sites (tertiary alicyclic amines) is 1. The zero-order chi connectivity index (χ0) is 19.8. The number of nitrogens with zero attached hydrogens (tertiary/aromatic N) is 3. The van der Waals surface area contributed by atoms with Gasteiger partial charge in [-0.1, -0.05) is 30.3 Å². The van der Waals surface area contributed by atoms with Crippen molar-refractivity contribution in [2.75, 3.05) is 26.7 Å². The predicted molar refractivity (Wildman–Crippen MR) is 117 cm³/mol. The van der Waals surface area contributed by atoms with Gasteiger partial charge in [-0.05, 0) is 42.3 Å². The molecule has 1 aliphatic rings. The predicted octanol–water partition coefficient (Wildman–Crippen LogP) is 3.51. The minimum atomic E-state index is 0.273. The summed E-state index contributed by atoms with van der Waals surface area (Å²) in [7, 11) is 2.09. The molecule has 1 aliphatic heterocycles. The highest BCUT2D eigenvalue weighted by molar-refractivity contribution is 7.09. The van der Waals surface area contributed by atoms with Gasteiger partial charge in [0.2, 0.25) is 5.91 Å². The summed E-state index contributed by atoms with van der Waals surface area (Å²) >= 11 is 1.80. The standard InChI is InChI=1S/C22H30N4OS/c1-3-23-22(25(2)14-12-20-6-5-15-28-20)24-16-18-8-10-19(11-9-18)17-26-13-4-7-21(26)27/h5-6,8-11,15H,3-4,7,12-14,16-17H2,1-2H3,(H,23,24). The fraction of sp³-hybridized carbons (Fsp3) is 0.455. The number of rotatable bonds is 8. The lowest BCUT2D eigenvalue weighted by molar-refractivity contribution is -0.128. The zero-order valence-electron chi connectivity index (χ0n) is 16.9. The minimum Gasteiger partial charge on any atom is -0.357 e. The van der Waals surface area contributed by atoms with Crippen LogP contribution >= 0.6 is 11.3 Å². The molecule has 1 aromatic carbocycles. The van der Waals surface area contributed by atoms with Crippen LogP contribution in [0.25, 0.3) is 0 Å². The monoisotopic (exact) mass is 398 g/mol. The van der Waals surface area contributed by atoms with Crippen LogP contribution in [0.1, 0.15) is 35.8 Å². The lowest BCUT2D eigenvalue weighted by atomic mass is 10.1. The maximum atomic E-state index is 11.8. The number of guanidine groups is 1. The van der Waals surface area contributed by atoms with Crippen LogP contribution in [0.5, 0.6) is 0 Å². The Kier molecular flexibility index (Phi) is 7.48. The molecule has 3 rings (SSSR count). The van der Waals surface area contributed by atoms with Crippen molar-refractivity contribution in [3.05, 3.63) is 57.8 Å². The minimum absolute atomic E-state index is 0.273. The van der Waals surface area contributed by atoms with E-state index in [4.69, 9.17) is 4.99 Å². The molecule has 0 bridgehead atoms. The molecule has 6 heteroatoms. The van der Waals surface area contributed by atoms with E-state index < -0.39 is 0 Å². The molecule has 1 amide bonds. The van der Waals surface area contributed by atoms with E-state index in [0.717, 1.165) is 45.0 Å². The van der Waals surface area contributed by atoms with Crippen molar-refractivity contribution in [2.45, 2.75) is 39.3 Å². The number of carbonyl (C=O) groups is 1. The van der Waals surface area contributed by atoms with E-state index in [1.165, 1.54) is 16.0 Å². The number of hydrogen-bond donors (Lipinski definition) is 1. The van der Waals surface area contributed by atoms with Gasteiger partial charge in [-0.3, -0.25) is 4.79 Å². The van der Waals surface area contributed by atoms with Crippen LogP contribution in [0.15, 0.2) is 46.8 Å². The molecule has 2 heterocycles. The van der Waals surface area contributed by atoms with Gasteiger partial charge in [0, 0.05) is 44.5 Å². The van der Waals surface area contributed by atoms with Crippen molar-refractivity contribution < 1.29 is 4.79 Å². The molecule has 2 aromatic rings. The first-order valence-corrected chi connectivity index (χ1v) is 10.9. The number of thiophene rings is 1. The average molecular weight is 399 g/mol. The number of carbonyl (C=O) groups excluding carboxylic acids is 1. The number of likely N-dealkylation sites (N-methyl/N-ethyl adjacent to an activating group) is 1. The van der Waals surface area contributed by atoms with Crippen LogP contribution in [0, 0.1) is 0 Å². The van der Waals surface area contributed by atoms with Crippen molar-refractivity contribution in [1.29, 1.82) is 0 Å². The molecule has 0 unspecified atom stereocenters. The Balaban J connectivity index is 1.55. The molecule has 0 radical (unpaired) electrons. The van der Waals surface area contributed by atoms with E-state index in [9.17, 15) is 4.79 Å². The molecule has 1 aromatic heterocycles. The highest BCUT2D eigenvalue weighted by Gasteiger charge is 2.19. The van der Waals surface area contributed by atoms with Gasteiger partial charge in [-0.15, -0.1) is 11.3 Å². The second-order valence-electron chi connectivity index (χ2n) is 7.16. The average Bonchev–Trinajstić information content (AvgIpc) is 3.36. The van der Waals surface area contributed by atoms with Gasteiger partial charge in [0.25, 0.3) is 0 Å². The normalized spacial score (nSPS) is 14.6. The first-order chi connectivity index (χ1) is 13.7. The van der Waals surface area contributed by atoms with Gasteiger partial charge in [0.05, 0.1) is 6.54 Å². The van der Waals surface area contributed by atoms with Crippen molar-refractivity contribution in [3.63, 3.8) is 0 Å². The van der Waals surface area contributed by atoms with Crippen LogP contribution in [0.3, 0.4) is 0 Å². The highest BCUT2D eigenvalue weighted by atomic mass is 32.1. The third-order valence-electron chi connectivity index (χ3n) is 4.95. The topological polar surface area (TPSA) is 47.9 Å². The maximum absolute atomic E-state index is 11.8. The second-order valence-corrected chi connectivity index (χ2v) is 8.19. The summed E-state index contributed by atoms with van der Waals surface area (Å²) in [6.07, 6.45) is 2.71. The first kappa shape index (κ1) is 20.4. The summed E-state index contributed by atoms with van der Waals surface area (Å²) in [6.45, 7) is 6.14. The Bertz CT molecular complexity index is 770. The van der Waals surface area contributed by atoms with E-state index in [1.54, 1.807) is 11.3 Å². The number of hydrogen-bond acceptors (Lipinski definition) is 3. The Morgan fingerprint density at radius 1 is 1.25 bits per heavy atom. The molecule has 0 aliphatic carbocycles. The molecule has 28 heavy (non-hydrogen) atoms. The molecular formula is C22H30N4OS. The van der Waals surface area contributed by atoms with Crippen molar-refractivity contribution >= 4 is 23.2 Å². The zero-order valence-corrected chi connectivity index (χ0v) is 17.7. The van der Waals surface area contributed by atoms with E-state index in [1.807, 2.05) is 4.90 Å². The molecule has 1 saturated heterocycles. The van der Waals surface area contributed by atoms with E-state index in [0.29, 0.717) is 13.0 Å². The van der Waals surface area contributed by atoms with Gasteiger partial charge in [0.1, 0.15) is 0 Å². The Morgan fingerprint density at radius 2 is 2.04 bits per heavy atom. The van der Waals surface area contributed by atoms with Crippen molar-refractivity contribution in [2.24, 2.45) is 4.99 Å². The summed E-state index contributed by atoms with van der Waals surface area (Å²) < 4.78 is 0. The SMILES string of the molecule is CCNC(=NCc1ccc(CN2CCCC2=O)cc1)N(C)CCc1cccs1. The Morgan fingerprint density at radius 3 is 2.68 bits per heavy atom. The smallest absolute Gasteiger partial charge is 0.222 e. The van der Waals surface area contributed by atoms with Gasteiger partial charge in [0.15, 0.2) is 5.96 Å². The largest absolute Gasteiger partial charge is 0.357 e. The maximum Gasteiger partial charge on any atom is 0.222 e. The third kappa shape index (κ3) is 5.83. The summed E-state index contributed by atoms with van der Waals surface area (Å²) in [5, 5.41) is 5.51. The lowest BCUT2D eigenvalue weighted by Crippen LogP contribution is -2.39. The molecule has 1 N–H and O–H groups in total. The molecule has 150 valence electrons. The number of nitrogens with one attached hydrogen (secondary N) is 1. The van der Waals surface area contributed by atoms with Crippen LogP contribution in [-0.2, 0) is 24.3 Å². The molecule has 0 saturated carbocycles. The Labute approximate surface area is 172 Å². The molecule has 0 spiro atoms. The lowest BCUT2D eigenvalue weighted by Gasteiger charge is -2.22. The number of amides is 1. The highest BCUT2D eigenvalue weighted by Crippen LogP contribution is 2.15. The van der Waals surface area contributed by atoms with Crippen LogP contribution < -0.4 is 5.32 Å². The molecular weight excluding hydrogens is 368 g/mol. The van der Waals surface area contributed by atoms with Crippen molar-refractivity contribution in [1.82, 2.24) is 15.1 Å². The fourth-order valence-electron chi connectivity index (χ4n) is 3.32.